The van der Waals surface area contributed by atoms with Crippen LogP contribution in [-0.4, -0.2) is 49.8 Å². The van der Waals surface area contributed by atoms with Crippen LogP contribution in [0.3, 0.4) is 0 Å². The summed E-state index contributed by atoms with van der Waals surface area (Å²) in [5.41, 5.74) is -3.95. The SMILES string of the molecule is C[C@H]1C[C@H]2[C@@H]3C[C@H](F)C4=CC(=O)C=C[C@]4(C)[C@@]3(Cl)[C@@H](O)C[C@]2(C)[C@@]1(O)C(=O)O. The summed E-state index contributed by atoms with van der Waals surface area (Å²) in [6, 6.07) is 0. The van der Waals surface area contributed by atoms with Crippen LogP contribution in [0.15, 0.2) is 23.8 Å². The van der Waals surface area contributed by atoms with Gasteiger partial charge in [0, 0.05) is 10.8 Å². The van der Waals surface area contributed by atoms with Gasteiger partial charge in [0.25, 0.3) is 0 Å². The lowest BCUT2D eigenvalue weighted by Gasteiger charge is -2.64. The molecule has 0 aliphatic heterocycles. The van der Waals surface area contributed by atoms with Crippen LogP contribution in [0.4, 0.5) is 4.39 Å². The predicted octanol–water partition coefficient (Wildman–Crippen LogP) is 2.64. The number of alkyl halides is 2. The Bertz CT molecular complexity index is 826. The topological polar surface area (TPSA) is 94.8 Å². The van der Waals surface area contributed by atoms with Crippen molar-refractivity contribution < 1.29 is 29.3 Å². The molecule has 28 heavy (non-hydrogen) atoms. The van der Waals surface area contributed by atoms with Gasteiger partial charge in [0.1, 0.15) is 6.17 Å². The van der Waals surface area contributed by atoms with Gasteiger partial charge in [0.05, 0.1) is 11.0 Å². The number of carboxylic acid groups (broad SMARTS) is 1. The number of aliphatic hydroxyl groups is 2. The van der Waals surface area contributed by atoms with Gasteiger partial charge in [-0.05, 0) is 54.7 Å². The summed E-state index contributed by atoms with van der Waals surface area (Å²) in [5.74, 6) is -3.10. The fraction of sp³-hybridized carbons (Fsp3) is 0.714. The number of hydrogen-bond acceptors (Lipinski definition) is 4. The Kier molecular flexibility index (Phi) is 4.06. The highest BCUT2D eigenvalue weighted by atomic mass is 35.5. The lowest BCUT2D eigenvalue weighted by Crippen LogP contribution is -2.70. The highest BCUT2D eigenvalue weighted by Crippen LogP contribution is 2.71. The molecule has 154 valence electrons. The van der Waals surface area contributed by atoms with E-state index in [0.717, 1.165) is 0 Å². The standard InChI is InChI=1S/C21H26ClFO5/c1-10-6-12-13-8-15(23)14-7-11(24)4-5-18(14,2)20(13,22)16(25)9-19(12,3)21(10,28)17(26)27/h4-5,7,10,12-13,15-16,25,28H,6,8-9H2,1-3H3,(H,26,27)/t10-,12-,13-,15-,16-,18-,19-,20-,21-/m0/s1. The number of aliphatic carboxylic acids is 1. The van der Waals surface area contributed by atoms with E-state index >= 15 is 4.39 Å². The highest BCUT2D eigenvalue weighted by molar-refractivity contribution is 6.26. The van der Waals surface area contributed by atoms with Crippen LogP contribution in [0.5, 0.6) is 0 Å². The average Bonchev–Trinajstić information content (AvgIpc) is 2.81. The normalized spacial score (nSPS) is 55.2. The second-order valence-electron chi connectivity index (χ2n) is 9.57. The first-order valence-corrected chi connectivity index (χ1v) is 10.1. The van der Waals surface area contributed by atoms with Gasteiger partial charge in [0.15, 0.2) is 11.4 Å². The number of fused-ring (bicyclic) bond motifs is 5. The molecule has 4 rings (SSSR count). The van der Waals surface area contributed by atoms with Crippen molar-refractivity contribution in [2.24, 2.45) is 28.6 Å². The first-order chi connectivity index (χ1) is 12.8. The second-order valence-corrected chi connectivity index (χ2v) is 10.2. The zero-order valence-electron chi connectivity index (χ0n) is 16.2. The Morgan fingerprint density at radius 1 is 1.29 bits per heavy atom. The summed E-state index contributed by atoms with van der Waals surface area (Å²) in [6.07, 6.45) is 2.00. The number of carboxylic acids is 1. The van der Waals surface area contributed by atoms with Gasteiger partial charge in [-0.3, -0.25) is 4.79 Å². The van der Waals surface area contributed by atoms with Gasteiger partial charge < -0.3 is 15.3 Å². The van der Waals surface area contributed by atoms with Crippen molar-refractivity contribution in [3.05, 3.63) is 23.8 Å². The average molecular weight is 413 g/mol. The lowest BCUT2D eigenvalue weighted by atomic mass is 9.45. The van der Waals surface area contributed by atoms with E-state index in [4.69, 9.17) is 11.6 Å². The van der Waals surface area contributed by atoms with Crippen LogP contribution in [0, 0.1) is 28.6 Å². The number of aliphatic hydroxyl groups excluding tert-OH is 1. The molecule has 4 aliphatic rings. The Morgan fingerprint density at radius 3 is 2.54 bits per heavy atom. The smallest absolute Gasteiger partial charge is 0.336 e. The first-order valence-electron chi connectivity index (χ1n) is 9.76. The molecule has 9 atom stereocenters. The number of hydrogen-bond donors (Lipinski definition) is 3. The van der Waals surface area contributed by atoms with Crippen LogP contribution < -0.4 is 0 Å². The highest BCUT2D eigenvalue weighted by Gasteiger charge is 2.75. The molecule has 5 nitrogen and oxygen atoms in total. The molecule has 3 fully saturated rings. The summed E-state index contributed by atoms with van der Waals surface area (Å²) in [7, 11) is 0. The Morgan fingerprint density at radius 2 is 1.93 bits per heavy atom. The van der Waals surface area contributed by atoms with Crippen molar-refractivity contribution in [3.63, 3.8) is 0 Å². The van der Waals surface area contributed by atoms with Crippen LogP contribution in [0.25, 0.3) is 0 Å². The lowest BCUT2D eigenvalue weighted by molar-refractivity contribution is -0.195. The molecule has 0 unspecified atom stereocenters. The van der Waals surface area contributed by atoms with Crippen LogP contribution in [0.2, 0.25) is 0 Å². The van der Waals surface area contributed by atoms with E-state index in [-0.39, 0.29) is 30.1 Å². The zero-order chi connectivity index (χ0) is 20.9. The first kappa shape index (κ1) is 20.0. The molecular formula is C21H26ClFO5. The van der Waals surface area contributed by atoms with Crippen molar-refractivity contribution in [2.75, 3.05) is 0 Å². The maximum absolute atomic E-state index is 15.3. The van der Waals surface area contributed by atoms with Crippen LogP contribution >= 0.6 is 11.6 Å². The summed E-state index contributed by atoms with van der Waals surface area (Å²) in [4.78, 5) is 22.6. The van der Waals surface area contributed by atoms with Gasteiger partial charge in [-0.1, -0.05) is 26.8 Å². The van der Waals surface area contributed by atoms with E-state index < -0.39 is 51.4 Å². The van der Waals surface area contributed by atoms with Crippen molar-refractivity contribution in [1.82, 2.24) is 0 Å². The molecule has 0 saturated heterocycles. The molecule has 0 spiro atoms. The second kappa shape index (κ2) is 5.67. The summed E-state index contributed by atoms with van der Waals surface area (Å²) in [6.45, 7) is 5.10. The van der Waals surface area contributed by atoms with E-state index in [0.29, 0.717) is 6.42 Å². The molecule has 0 bridgehead atoms. The van der Waals surface area contributed by atoms with Gasteiger partial charge in [-0.2, -0.15) is 0 Å². The fourth-order valence-electron chi connectivity index (χ4n) is 7.00. The number of carbonyl (C=O) groups excluding carboxylic acids is 1. The zero-order valence-corrected chi connectivity index (χ0v) is 16.9. The molecule has 4 aliphatic carbocycles. The molecule has 0 aromatic carbocycles. The predicted molar refractivity (Wildman–Crippen MR) is 101 cm³/mol. The van der Waals surface area contributed by atoms with Crippen molar-refractivity contribution in [2.45, 2.75) is 62.8 Å². The number of ketones is 1. The Balaban J connectivity index is 1.88. The fourth-order valence-corrected chi connectivity index (χ4v) is 7.49. The molecule has 0 aromatic rings. The molecular weight excluding hydrogens is 387 g/mol. The molecule has 7 heteroatoms. The molecule has 0 amide bonds. The van der Waals surface area contributed by atoms with Crippen LogP contribution in [0.1, 0.15) is 40.0 Å². The molecule has 3 saturated carbocycles. The van der Waals surface area contributed by atoms with E-state index in [9.17, 15) is 24.9 Å². The van der Waals surface area contributed by atoms with E-state index in [1.807, 2.05) is 0 Å². The number of rotatable bonds is 1. The maximum Gasteiger partial charge on any atom is 0.336 e. The third-order valence-corrected chi connectivity index (χ3v) is 9.46. The summed E-state index contributed by atoms with van der Waals surface area (Å²) >= 11 is 7.16. The van der Waals surface area contributed by atoms with Gasteiger partial charge in [-0.25, -0.2) is 9.18 Å². The molecule has 0 aromatic heterocycles. The van der Waals surface area contributed by atoms with E-state index in [1.165, 1.54) is 12.2 Å². The third-order valence-electron chi connectivity index (χ3n) is 8.54. The minimum atomic E-state index is -2.02. The Labute approximate surface area is 168 Å². The van der Waals surface area contributed by atoms with Gasteiger partial charge in [0.2, 0.25) is 0 Å². The summed E-state index contributed by atoms with van der Waals surface area (Å²) in [5, 5.41) is 32.2. The van der Waals surface area contributed by atoms with Gasteiger partial charge in [-0.15, -0.1) is 11.6 Å². The largest absolute Gasteiger partial charge is 0.479 e. The van der Waals surface area contributed by atoms with Crippen molar-refractivity contribution in [1.29, 1.82) is 0 Å². The number of allylic oxidation sites excluding steroid dienone is 4. The van der Waals surface area contributed by atoms with E-state index in [2.05, 4.69) is 0 Å². The maximum atomic E-state index is 15.3. The number of halogens is 2. The minimum Gasteiger partial charge on any atom is -0.479 e. The van der Waals surface area contributed by atoms with Crippen molar-refractivity contribution in [3.8, 4) is 0 Å². The third kappa shape index (κ3) is 1.99. The van der Waals surface area contributed by atoms with Gasteiger partial charge >= 0.3 is 5.97 Å². The molecule has 0 heterocycles. The van der Waals surface area contributed by atoms with Crippen LogP contribution in [-0.2, 0) is 9.59 Å². The molecule has 0 radical (unpaired) electrons. The van der Waals surface area contributed by atoms with Crippen molar-refractivity contribution >= 4 is 23.4 Å². The molecule has 3 N–H and O–H groups in total. The number of carbonyl (C=O) groups is 2. The monoisotopic (exact) mass is 412 g/mol. The Hall–Kier alpha value is -1.24. The summed E-state index contributed by atoms with van der Waals surface area (Å²) < 4.78 is 15.3. The van der Waals surface area contributed by atoms with E-state index in [1.54, 1.807) is 26.8 Å². The quantitative estimate of drug-likeness (QED) is 0.575. The minimum absolute atomic E-state index is 0.00752.